The molecule has 1 aromatic rings. The van der Waals surface area contributed by atoms with E-state index >= 15 is 0 Å². The van der Waals surface area contributed by atoms with Crippen molar-refractivity contribution in [2.75, 3.05) is 7.11 Å². The normalized spacial score (nSPS) is 11.6. The minimum absolute atomic E-state index is 0.00143. The van der Waals surface area contributed by atoms with Crippen LogP contribution in [0.15, 0.2) is 36.4 Å². The SMILES string of the molecule is C=C(C)C[C@@H](NC(=O)Cc1cccc(F)c1)C(=O)OC. The van der Waals surface area contributed by atoms with Gasteiger partial charge in [-0.15, -0.1) is 6.58 Å². The molecule has 4 nitrogen and oxygen atoms in total. The van der Waals surface area contributed by atoms with Gasteiger partial charge in [-0.05, 0) is 31.0 Å². The Morgan fingerprint density at radius 2 is 2.15 bits per heavy atom. The average molecular weight is 279 g/mol. The Morgan fingerprint density at radius 3 is 2.70 bits per heavy atom. The van der Waals surface area contributed by atoms with Gasteiger partial charge in [-0.3, -0.25) is 4.79 Å². The van der Waals surface area contributed by atoms with Gasteiger partial charge in [0.15, 0.2) is 0 Å². The molecule has 108 valence electrons. The summed E-state index contributed by atoms with van der Waals surface area (Å²) in [5, 5.41) is 2.57. The predicted octanol–water partition coefficient (Wildman–Crippen LogP) is 1.99. The van der Waals surface area contributed by atoms with E-state index in [1.165, 1.54) is 25.3 Å². The van der Waals surface area contributed by atoms with E-state index in [1.807, 2.05) is 0 Å². The molecule has 0 aliphatic rings. The molecule has 0 fully saturated rings. The molecule has 1 N–H and O–H groups in total. The number of carbonyl (C=O) groups is 2. The van der Waals surface area contributed by atoms with Crippen LogP contribution in [0.1, 0.15) is 18.9 Å². The van der Waals surface area contributed by atoms with Crippen LogP contribution in [0.25, 0.3) is 0 Å². The van der Waals surface area contributed by atoms with Crippen LogP contribution in [-0.4, -0.2) is 25.0 Å². The molecule has 0 spiro atoms. The highest BCUT2D eigenvalue weighted by molar-refractivity contribution is 5.85. The van der Waals surface area contributed by atoms with Crippen LogP contribution in [-0.2, 0) is 20.7 Å². The van der Waals surface area contributed by atoms with Gasteiger partial charge in [0, 0.05) is 0 Å². The van der Waals surface area contributed by atoms with Crippen molar-refractivity contribution in [1.29, 1.82) is 0 Å². The zero-order valence-electron chi connectivity index (χ0n) is 11.6. The van der Waals surface area contributed by atoms with Crippen molar-refractivity contribution in [1.82, 2.24) is 5.32 Å². The summed E-state index contributed by atoms with van der Waals surface area (Å²) < 4.78 is 17.6. The van der Waals surface area contributed by atoms with Crippen molar-refractivity contribution in [3.8, 4) is 0 Å². The van der Waals surface area contributed by atoms with Gasteiger partial charge >= 0.3 is 5.97 Å². The van der Waals surface area contributed by atoms with Gasteiger partial charge in [-0.25, -0.2) is 9.18 Å². The minimum Gasteiger partial charge on any atom is -0.467 e. The number of amides is 1. The van der Waals surface area contributed by atoms with Crippen LogP contribution in [0.3, 0.4) is 0 Å². The molecule has 0 heterocycles. The molecule has 0 unspecified atom stereocenters. The Bertz CT molecular complexity index is 514. The molecule has 0 aliphatic carbocycles. The number of hydrogen-bond donors (Lipinski definition) is 1. The van der Waals surface area contributed by atoms with Crippen LogP contribution >= 0.6 is 0 Å². The van der Waals surface area contributed by atoms with Crippen molar-refractivity contribution in [3.63, 3.8) is 0 Å². The number of hydrogen-bond acceptors (Lipinski definition) is 3. The number of nitrogens with one attached hydrogen (secondary N) is 1. The lowest BCUT2D eigenvalue weighted by Crippen LogP contribution is -2.42. The molecule has 1 amide bonds. The molecule has 0 radical (unpaired) electrons. The highest BCUT2D eigenvalue weighted by Crippen LogP contribution is 2.07. The molecule has 0 aliphatic heterocycles. The molecular weight excluding hydrogens is 261 g/mol. The van der Waals surface area contributed by atoms with E-state index in [2.05, 4.69) is 16.6 Å². The molecular formula is C15H18FNO3. The number of carbonyl (C=O) groups excluding carboxylic acids is 2. The van der Waals surface area contributed by atoms with Crippen molar-refractivity contribution in [2.24, 2.45) is 0 Å². The summed E-state index contributed by atoms with van der Waals surface area (Å²) in [5.74, 6) is -1.30. The van der Waals surface area contributed by atoms with Crippen LogP contribution in [0.5, 0.6) is 0 Å². The summed E-state index contributed by atoms with van der Waals surface area (Å²) in [4.78, 5) is 23.4. The van der Waals surface area contributed by atoms with Gasteiger partial charge in [0.1, 0.15) is 11.9 Å². The van der Waals surface area contributed by atoms with Crippen molar-refractivity contribution in [3.05, 3.63) is 47.8 Å². The zero-order valence-corrected chi connectivity index (χ0v) is 11.6. The lowest BCUT2D eigenvalue weighted by molar-refractivity contribution is -0.145. The Morgan fingerprint density at radius 1 is 1.45 bits per heavy atom. The van der Waals surface area contributed by atoms with Crippen molar-refractivity contribution >= 4 is 11.9 Å². The van der Waals surface area contributed by atoms with Crippen molar-refractivity contribution in [2.45, 2.75) is 25.8 Å². The van der Waals surface area contributed by atoms with Crippen LogP contribution in [0, 0.1) is 5.82 Å². The molecule has 1 aromatic carbocycles. The fourth-order valence-electron chi connectivity index (χ4n) is 1.76. The molecule has 0 saturated carbocycles. The molecule has 0 bridgehead atoms. The maximum Gasteiger partial charge on any atom is 0.328 e. The first kappa shape index (κ1) is 15.9. The summed E-state index contributed by atoms with van der Waals surface area (Å²) >= 11 is 0. The third-order valence-corrected chi connectivity index (χ3v) is 2.63. The van der Waals surface area contributed by atoms with E-state index in [0.29, 0.717) is 12.0 Å². The van der Waals surface area contributed by atoms with Gasteiger partial charge in [0.05, 0.1) is 13.5 Å². The fourth-order valence-corrected chi connectivity index (χ4v) is 1.76. The lowest BCUT2D eigenvalue weighted by atomic mass is 10.1. The Kier molecular flexibility index (Phi) is 5.90. The van der Waals surface area contributed by atoms with Gasteiger partial charge in [-0.1, -0.05) is 17.7 Å². The summed E-state index contributed by atoms with van der Waals surface area (Å²) in [6.45, 7) is 5.46. The van der Waals surface area contributed by atoms with E-state index in [-0.39, 0.29) is 12.3 Å². The Balaban J connectivity index is 2.66. The standard InChI is InChI=1S/C15H18FNO3/c1-10(2)7-13(15(19)20-3)17-14(18)9-11-5-4-6-12(16)8-11/h4-6,8,13H,1,7,9H2,2-3H3,(H,17,18)/t13-/m1/s1. The van der Waals surface area contributed by atoms with Gasteiger partial charge in [-0.2, -0.15) is 0 Å². The second-order valence-electron chi connectivity index (χ2n) is 4.61. The summed E-state index contributed by atoms with van der Waals surface area (Å²) in [6, 6.07) is 5.00. The zero-order chi connectivity index (χ0) is 15.1. The fraction of sp³-hybridized carbons (Fsp3) is 0.333. The predicted molar refractivity (Wildman–Crippen MR) is 73.5 cm³/mol. The number of rotatable bonds is 6. The number of benzene rings is 1. The average Bonchev–Trinajstić information content (AvgIpc) is 2.36. The van der Waals surface area contributed by atoms with E-state index in [4.69, 9.17) is 0 Å². The first-order valence-electron chi connectivity index (χ1n) is 6.18. The smallest absolute Gasteiger partial charge is 0.328 e. The lowest BCUT2D eigenvalue weighted by Gasteiger charge is -2.16. The molecule has 20 heavy (non-hydrogen) atoms. The van der Waals surface area contributed by atoms with Crippen LogP contribution < -0.4 is 5.32 Å². The quantitative estimate of drug-likeness (QED) is 0.640. The highest BCUT2D eigenvalue weighted by atomic mass is 19.1. The first-order valence-corrected chi connectivity index (χ1v) is 6.18. The number of ether oxygens (including phenoxy) is 1. The first-order chi connectivity index (χ1) is 9.42. The van der Waals surface area contributed by atoms with E-state index < -0.39 is 17.8 Å². The Hall–Kier alpha value is -2.17. The second kappa shape index (κ2) is 7.43. The van der Waals surface area contributed by atoms with Gasteiger partial charge in [0.2, 0.25) is 5.91 Å². The number of halogens is 1. The van der Waals surface area contributed by atoms with Crippen molar-refractivity contribution < 1.29 is 18.7 Å². The topological polar surface area (TPSA) is 55.4 Å². The molecule has 1 rings (SSSR count). The third kappa shape index (κ3) is 5.22. The number of esters is 1. The maximum absolute atomic E-state index is 13.0. The number of methoxy groups -OCH3 is 1. The molecule has 0 aromatic heterocycles. The summed E-state index contributed by atoms with van der Waals surface area (Å²) in [7, 11) is 1.26. The summed E-state index contributed by atoms with van der Waals surface area (Å²) in [5.41, 5.74) is 1.30. The largest absolute Gasteiger partial charge is 0.467 e. The monoisotopic (exact) mass is 279 g/mol. The third-order valence-electron chi connectivity index (χ3n) is 2.63. The van der Waals surface area contributed by atoms with Crippen LogP contribution in [0.4, 0.5) is 4.39 Å². The van der Waals surface area contributed by atoms with Crippen LogP contribution in [0.2, 0.25) is 0 Å². The van der Waals surface area contributed by atoms with E-state index in [9.17, 15) is 14.0 Å². The minimum atomic E-state index is -0.765. The van der Waals surface area contributed by atoms with Gasteiger partial charge < -0.3 is 10.1 Å². The molecule has 0 saturated heterocycles. The Labute approximate surface area is 117 Å². The van der Waals surface area contributed by atoms with E-state index in [1.54, 1.807) is 13.0 Å². The molecule has 1 atom stereocenters. The highest BCUT2D eigenvalue weighted by Gasteiger charge is 2.21. The second-order valence-corrected chi connectivity index (χ2v) is 4.61. The maximum atomic E-state index is 13.0. The van der Waals surface area contributed by atoms with Gasteiger partial charge in [0.25, 0.3) is 0 Å². The molecule has 5 heteroatoms. The summed E-state index contributed by atoms with van der Waals surface area (Å²) in [6.07, 6.45) is 0.309. The van der Waals surface area contributed by atoms with E-state index in [0.717, 1.165) is 5.57 Å².